The Morgan fingerprint density at radius 1 is 1.46 bits per heavy atom. The van der Waals surface area contributed by atoms with Gasteiger partial charge in [0.15, 0.2) is 0 Å². The van der Waals surface area contributed by atoms with E-state index in [0.29, 0.717) is 6.54 Å². The molecule has 0 bridgehead atoms. The van der Waals surface area contributed by atoms with Crippen LogP contribution in [0, 0.1) is 6.92 Å². The first-order valence-corrected chi connectivity index (χ1v) is 4.94. The van der Waals surface area contributed by atoms with E-state index in [9.17, 15) is 5.11 Å². The van der Waals surface area contributed by atoms with Crippen LogP contribution in [0.15, 0.2) is 0 Å². The van der Waals surface area contributed by atoms with Gasteiger partial charge in [0.05, 0.1) is 5.60 Å². The number of aliphatic hydroxyl groups is 1. The van der Waals surface area contributed by atoms with E-state index in [0.717, 1.165) is 10.1 Å². The monoisotopic (exact) mass is 201 g/mol. The number of rotatable bonds is 3. The summed E-state index contributed by atoms with van der Waals surface area (Å²) < 4.78 is 0. The summed E-state index contributed by atoms with van der Waals surface area (Å²) in [4.78, 5) is 1.91. The molecule has 0 aliphatic carbocycles. The third kappa shape index (κ3) is 3.28. The van der Waals surface area contributed by atoms with Gasteiger partial charge in [0.2, 0.25) is 5.13 Å². The van der Waals surface area contributed by atoms with Crippen LogP contribution in [0.5, 0.6) is 0 Å². The largest absolute Gasteiger partial charge is 0.389 e. The molecule has 4 nitrogen and oxygen atoms in total. The van der Waals surface area contributed by atoms with Gasteiger partial charge >= 0.3 is 0 Å². The zero-order valence-corrected chi connectivity index (χ0v) is 9.22. The molecule has 0 aliphatic heterocycles. The summed E-state index contributed by atoms with van der Waals surface area (Å²) in [7, 11) is 1.90. The van der Waals surface area contributed by atoms with Crippen molar-refractivity contribution >= 4 is 16.5 Å². The molecule has 1 aromatic rings. The molecule has 0 aliphatic rings. The summed E-state index contributed by atoms with van der Waals surface area (Å²) in [5, 5.41) is 19.3. The highest BCUT2D eigenvalue weighted by Gasteiger charge is 2.17. The van der Waals surface area contributed by atoms with Gasteiger partial charge in [-0.1, -0.05) is 11.3 Å². The predicted octanol–water partition coefficient (Wildman–Crippen LogP) is 1.05. The van der Waals surface area contributed by atoms with Crippen molar-refractivity contribution in [3.63, 3.8) is 0 Å². The zero-order valence-electron chi connectivity index (χ0n) is 8.40. The van der Waals surface area contributed by atoms with Gasteiger partial charge in [0.25, 0.3) is 0 Å². The fourth-order valence-corrected chi connectivity index (χ4v) is 1.74. The zero-order chi connectivity index (χ0) is 10.1. The van der Waals surface area contributed by atoms with E-state index in [-0.39, 0.29) is 0 Å². The highest BCUT2D eigenvalue weighted by Crippen LogP contribution is 2.19. The van der Waals surface area contributed by atoms with E-state index in [1.165, 1.54) is 11.3 Å². The predicted molar refractivity (Wildman–Crippen MR) is 54.2 cm³/mol. The van der Waals surface area contributed by atoms with Gasteiger partial charge in [0, 0.05) is 13.6 Å². The Bertz CT molecular complexity index is 279. The number of hydrogen-bond acceptors (Lipinski definition) is 5. The highest BCUT2D eigenvalue weighted by atomic mass is 32.1. The molecule has 1 N–H and O–H groups in total. The number of aromatic nitrogens is 2. The molecule has 0 fully saturated rings. The van der Waals surface area contributed by atoms with E-state index < -0.39 is 5.60 Å². The van der Waals surface area contributed by atoms with Crippen molar-refractivity contribution < 1.29 is 5.11 Å². The minimum atomic E-state index is -0.700. The fraction of sp³-hybridized carbons (Fsp3) is 0.750. The fourth-order valence-electron chi connectivity index (χ4n) is 1.09. The molecular weight excluding hydrogens is 186 g/mol. The van der Waals surface area contributed by atoms with Crippen molar-refractivity contribution in [2.45, 2.75) is 26.4 Å². The Morgan fingerprint density at radius 2 is 2.08 bits per heavy atom. The smallest absolute Gasteiger partial charge is 0.208 e. The lowest BCUT2D eigenvalue weighted by Crippen LogP contribution is -2.36. The van der Waals surface area contributed by atoms with Crippen molar-refractivity contribution in [1.82, 2.24) is 10.2 Å². The van der Waals surface area contributed by atoms with E-state index in [2.05, 4.69) is 10.2 Å². The molecule has 1 rings (SSSR count). The third-order valence-electron chi connectivity index (χ3n) is 1.47. The molecule has 74 valence electrons. The highest BCUT2D eigenvalue weighted by molar-refractivity contribution is 7.15. The van der Waals surface area contributed by atoms with Gasteiger partial charge < -0.3 is 10.0 Å². The number of anilines is 1. The first-order valence-electron chi connectivity index (χ1n) is 4.12. The van der Waals surface area contributed by atoms with E-state index in [1.807, 2.05) is 18.9 Å². The Kier molecular flexibility index (Phi) is 2.87. The summed E-state index contributed by atoms with van der Waals surface area (Å²) >= 11 is 1.53. The van der Waals surface area contributed by atoms with Crippen molar-refractivity contribution in [3.05, 3.63) is 5.01 Å². The Hall–Kier alpha value is -0.680. The first kappa shape index (κ1) is 10.4. The minimum Gasteiger partial charge on any atom is -0.389 e. The number of hydrogen-bond donors (Lipinski definition) is 1. The molecule has 0 saturated heterocycles. The lowest BCUT2D eigenvalue weighted by Gasteiger charge is -2.24. The lowest BCUT2D eigenvalue weighted by molar-refractivity contribution is 0.0886. The van der Waals surface area contributed by atoms with E-state index in [1.54, 1.807) is 13.8 Å². The van der Waals surface area contributed by atoms with Crippen LogP contribution in [0.1, 0.15) is 18.9 Å². The van der Waals surface area contributed by atoms with Crippen LogP contribution in [0.2, 0.25) is 0 Å². The average Bonchev–Trinajstić information content (AvgIpc) is 2.31. The molecule has 0 amide bonds. The maximum Gasteiger partial charge on any atom is 0.208 e. The summed E-state index contributed by atoms with van der Waals surface area (Å²) in [6.45, 7) is 6.02. The Morgan fingerprint density at radius 3 is 2.46 bits per heavy atom. The van der Waals surface area contributed by atoms with E-state index >= 15 is 0 Å². The standard InChI is InChI=1S/C8H15N3OS/c1-6-9-10-7(13-6)11(4)5-8(2,3)12/h12H,5H2,1-4H3. The average molecular weight is 201 g/mol. The molecule has 1 heterocycles. The lowest BCUT2D eigenvalue weighted by atomic mass is 10.1. The topological polar surface area (TPSA) is 49.2 Å². The first-order chi connectivity index (χ1) is 5.88. The van der Waals surface area contributed by atoms with Crippen LogP contribution in [0.3, 0.4) is 0 Å². The molecule has 0 saturated carbocycles. The van der Waals surface area contributed by atoms with Crippen molar-refractivity contribution in [2.75, 3.05) is 18.5 Å². The Balaban J connectivity index is 2.64. The third-order valence-corrected chi connectivity index (χ3v) is 2.42. The second kappa shape index (κ2) is 3.59. The van der Waals surface area contributed by atoms with Gasteiger partial charge in [-0.15, -0.1) is 10.2 Å². The molecule has 5 heteroatoms. The second-order valence-electron chi connectivity index (χ2n) is 3.77. The van der Waals surface area contributed by atoms with Gasteiger partial charge in [-0.05, 0) is 20.8 Å². The molecule has 0 atom stereocenters. The molecule has 0 unspecified atom stereocenters. The molecule has 13 heavy (non-hydrogen) atoms. The van der Waals surface area contributed by atoms with Gasteiger partial charge in [0.1, 0.15) is 5.01 Å². The maximum absolute atomic E-state index is 9.57. The molecule has 0 radical (unpaired) electrons. The van der Waals surface area contributed by atoms with Crippen molar-refractivity contribution in [2.24, 2.45) is 0 Å². The SMILES string of the molecule is Cc1nnc(N(C)CC(C)(C)O)s1. The van der Waals surface area contributed by atoms with Crippen LogP contribution in [-0.2, 0) is 0 Å². The van der Waals surface area contributed by atoms with Crippen molar-refractivity contribution in [3.8, 4) is 0 Å². The quantitative estimate of drug-likeness (QED) is 0.794. The van der Waals surface area contributed by atoms with Gasteiger partial charge in [-0.2, -0.15) is 0 Å². The minimum absolute atomic E-state index is 0.557. The van der Waals surface area contributed by atoms with Crippen LogP contribution < -0.4 is 4.90 Å². The van der Waals surface area contributed by atoms with Gasteiger partial charge in [-0.25, -0.2) is 0 Å². The van der Waals surface area contributed by atoms with E-state index in [4.69, 9.17) is 0 Å². The normalized spacial score (nSPS) is 11.8. The molecule has 1 aromatic heterocycles. The maximum atomic E-state index is 9.57. The van der Waals surface area contributed by atoms with Gasteiger partial charge in [-0.3, -0.25) is 0 Å². The summed E-state index contributed by atoms with van der Waals surface area (Å²) in [6, 6.07) is 0. The summed E-state index contributed by atoms with van der Waals surface area (Å²) in [6.07, 6.45) is 0. The Labute approximate surface area is 82.2 Å². The number of aryl methyl sites for hydroxylation is 1. The summed E-state index contributed by atoms with van der Waals surface area (Å²) in [5.41, 5.74) is -0.700. The molecule has 0 spiro atoms. The second-order valence-corrected chi connectivity index (χ2v) is 4.93. The van der Waals surface area contributed by atoms with Crippen LogP contribution in [-0.4, -0.2) is 34.5 Å². The van der Waals surface area contributed by atoms with Crippen LogP contribution >= 0.6 is 11.3 Å². The summed E-state index contributed by atoms with van der Waals surface area (Å²) in [5.74, 6) is 0. The number of likely N-dealkylation sites (N-methyl/N-ethyl adjacent to an activating group) is 1. The number of nitrogens with zero attached hydrogens (tertiary/aromatic N) is 3. The van der Waals surface area contributed by atoms with Crippen molar-refractivity contribution in [1.29, 1.82) is 0 Å². The molecular formula is C8H15N3OS. The molecule has 0 aromatic carbocycles. The van der Waals surface area contributed by atoms with Crippen LogP contribution in [0.4, 0.5) is 5.13 Å². The van der Waals surface area contributed by atoms with Crippen LogP contribution in [0.25, 0.3) is 0 Å².